The Morgan fingerprint density at radius 3 is 2.70 bits per heavy atom. The molecule has 1 aromatic carbocycles. The highest BCUT2D eigenvalue weighted by molar-refractivity contribution is 6.33. The van der Waals surface area contributed by atoms with Crippen LogP contribution in [0.4, 0.5) is 11.5 Å². The van der Waals surface area contributed by atoms with Gasteiger partial charge in [-0.2, -0.15) is 0 Å². The number of benzene rings is 1. The van der Waals surface area contributed by atoms with Crippen molar-refractivity contribution in [3.8, 4) is 5.75 Å². The van der Waals surface area contributed by atoms with Crippen LogP contribution in [0, 0.1) is 0 Å². The van der Waals surface area contributed by atoms with Crippen molar-refractivity contribution in [2.75, 3.05) is 12.0 Å². The molecule has 2 aromatic rings. The number of anilines is 2. The number of ether oxygens (including phenoxy) is 1. The van der Waals surface area contributed by atoms with Crippen molar-refractivity contribution in [2.45, 2.75) is 59.2 Å². The summed E-state index contributed by atoms with van der Waals surface area (Å²) in [5.41, 5.74) is 1.40. The van der Waals surface area contributed by atoms with E-state index in [0.717, 1.165) is 30.8 Å². The Labute approximate surface area is 165 Å². The zero-order valence-corrected chi connectivity index (χ0v) is 17.3. The third-order valence-corrected chi connectivity index (χ3v) is 5.32. The van der Waals surface area contributed by atoms with Crippen molar-refractivity contribution in [2.24, 2.45) is 0 Å². The lowest BCUT2D eigenvalue weighted by molar-refractivity contribution is 0.0921. The van der Waals surface area contributed by atoms with Gasteiger partial charge < -0.3 is 19.5 Å². The minimum absolute atomic E-state index is 0.0893. The predicted octanol–water partition coefficient (Wildman–Crippen LogP) is 4.70. The molecule has 146 valence electrons. The van der Waals surface area contributed by atoms with Crippen molar-refractivity contribution in [3.63, 3.8) is 0 Å². The van der Waals surface area contributed by atoms with Gasteiger partial charge in [-0.05, 0) is 32.4 Å². The predicted molar refractivity (Wildman–Crippen MR) is 108 cm³/mol. The number of aryl methyl sites for hydroxylation is 1. The zero-order chi connectivity index (χ0) is 19.7. The van der Waals surface area contributed by atoms with Crippen LogP contribution >= 0.6 is 11.6 Å². The van der Waals surface area contributed by atoms with Gasteiger partial charge in [-0.1, -0.05) is 31.9 Å². The van der Waals surface area contributed by atoms with Crippen molar-refractivity contribution in [3.05, 3.63) is 34.7 Å². The van der Waals surface area contributed by atoms with Crippen LogP contribution in [0.1, 0.15) is 62.9 Å². The molecule has 3 rings (SSSR count). The van der Waals surface area contributed by atoms with Gasteiger partial charge in [-0.25, -0.2) is 4.98 Å². The molecule has 1 aromatic heterocycles. The zero-order valence-electron chi connectivity index (χ0n) is 16.5. The van der Waals surface area contributed by atoms with E-state index in [9.17, 15) is 4.79 Å². The summed E-state index contributed by atoms with van der Waals surface area (Å²) < 4.78 is 7.35. The number of halogens is 1. The Morgan fingerprint density at radius 2 is 2.11 bits per heavy atom. The minimum atomic E-state index is -0.259. The van der Waals surface area contributed by atoms with E-state index in [0.29, 0.717) is 22.3 Å². The number of carbonyl (C=O) groups is 1. The van der Waals surface area contributed by atoms with Crippen LogP contribution in [0.3, 0.4) is 0 Å². The summed E-state index contributed by atoms with van der Waals surface area (Å²) in [6, 6.07) is 5.74. The van der Waals surface area contributed by atoms with Crippen LogP contribution in [0.5, 0.6) is 5.75 Å². The molecule has 1 N–H and O–H groups in total. The van der Waals surface area contributed by atoms with E-state index >= 15 is 0 Å². The second kappa shape index (κ2) is 7.80. The highest BCUT2D eigenvalue weighted by atomic mass is 35.5. The minimum Gasteiger partial charge on any atom is -0.497 e. The molecule has 1 aliphatic rings. The molecule has 0 spiro atoms. The second-order valence-corrected chi connectivity index (χ2v) is 7.31. The molecule has 7 heteroatoms. The van der Waals surface area contributed by atoms with Crippen LogP contribution in [-0.4, -0.2) is 28.7 Å². The normalized spacial score (nSPS) is 17.5. The van der Waals surface area contributed by atoms with E-state index in [2.05, 4.69) is 30.7 Å². The molecule has 1 aliphatic heterocycles. The molecular weight excluding hydrogens is 364 g/mol. The SMILES string of the molecule is CCCC(C)n1c(CC)nc2c1C(=O)NC(C)N2c1ccc(OC)cc1Cl. The van der Waals surface area contributed by atoms with Crippen LogP contribution in [-0.2, 0) is 6.42 Å². The number of fused-ring (bicyclic) bond motifs is 1. The summed E-state index contributed by atoms with van der Waals surface area (Å²) in [6.45, 7) is 8.29. The lowest BCUT2D eigenvalue weighted by atomic mass is 10.1. The Kier molecular flexibility index (Phi) is 5.65. The number of aromatic nitrogens is 2. The maximum absolute atomic E-state index is 12.9. The average Bonchev–Trinajstić information content (AvgIpc) is 3.03. The molecule has 2 atom stereocenters. The van der Waals surface area contributed by atoms with Gasteiger partial charge in [0.25, 0.3) is 5.91 Å². The summed E-state index contributed by atoms with van der Waals surface area (Å²) in [4.78, 5) is 19.7. The van der Waals surface area contributed by atoms with Gasteiger partial charge >= 0.3 is 0 Å². The number of carbonyl (C=O) groups excluding carboxylic acids is 1. The smallest absolute Gasteiger partial charge is 0.273 e. The van der Waals surface area contributed by atoms with Crippen LogP contribution in [0.2, 0.25) is 5.02 Å². The number of nitrogens with one attached hydrogen (secondary N) is 1. The first-order valence-corrected chi connectivity index (χ1v) is 9.85. The first kappa shape index (κ1) is 19.5. The van der Waals surface area contributed by atoms with Crippen molar-refractivity contribution in [1.29, 1.82) is 0 Å². The summed E-state index contributed by atoms with van der Waals surface area (Å²) in [5, 5.41) is 3.60. The summed E-state index contributed by atoms with van der Waals surface area (Å²) >= 11 is 6.53. The average molecular weight is 391 g/mol. The monoisotopic (exact) mass is 390 g/mol. The van der Waals surface area contributed by atoms with Crippen LogP contribution in [0.15, 0.2) is 18.2 Å². The summed E-state index contributed by atoms with van der Waals surface area (Å²) in [5.74, 6) is 2.18. The highest BCUT2D eigenvalue weighted by Crippen LogP contribution is 2.40. The van der Waals surface area contributed by atoms with E-state index < -0.39 is 0 Å². The molecule has 1 amide bonds. The quantitative estimate of drug-likeness (QED) is 0.776. The fourth-order valence-electron chi connectivity index (χ4n) is 3.75. The summed E-state index contributed by atoms with van der Waals surface area (Å²) in [7, 11) is 1.61. The van der Waals surface area contributed by atoms with E-state index in [1.54, 1.807) is 13.2 Å². The number of hydrogen-bond acceptors (Lipinski definition) is 4. The molecule has 27 heavy (non-hydrogen) atoms. The highest BCUT2D eigenvalue weighted by Gasteiger charge is 2.36. The number of hydrogen-bond donors (Lipinski definition) is 1. The van der Waals surface area contributed by atoms with Crippen molar-refractivity contribution >= 4 is 29.0 Å². The largest absolute Gasteiger partial charge is 0.497 e. The van der Waals surface area contributed by atoms with Crippen LogP contribution in [0.25, 0.3) is 0 Å². The first-order chi connectivity index (χ1) is 12.9. The summed E-state index contributed by atoms with van der Waals surface area (Å²) in [6.07, 6.45) is 2.53. The Balaban J connectivity index is 2.17. The Hall–Kier alpha value is -2.21. The van der Waals surface area contributed by atoms with Gasteiger partial charge in [0.05, 0.1) is 17.8 Å². The topological polar surface area (TPSA) is 59.4 Å². The molecular formula is C20H27ClN4O2. The Bertz CT molecular complexity index is 849. The molecule has 0 radical (unpaired) electrons. The van der Waals surface area contributed by atoms with Crippen molar-refractivity contribution in [1.82, 2.24) is 14.9 Å². The van der Waals surface area contributed by atoms with E-state index in [1.807, 2.05) is 24.0 Å². The van der Waals surface area contributed by atoms with Gasteiger partial charge in [-0.3, -0.25) is 4.79 Å². The van der Waals surface area contributed by atoms with Gasteiger partial charge in [-0.15, -0.1) is 0 Å². The molecule has 0 fully saturated rings. The molecule has 2 unspecified atom stereocenters. The maximum atomic E-state index is 12.9. The number of methoxy groups -OCH3 is 1. The molecule has 0 bridgehead atoms. The van der Waals surface area contributed by atoms with Gasteiger partial charge in [0.1, 0.15) is 17.7 Å². The molecule has 0 saturated heterocycles. The molecule has 6 nitrogen and oxygen atoms in total. The Morgan fingerprint density at radius 1 is 1.37 bits per heavy atom. The fourth-order valence-corrected chi connectivity index (χ4v) is 4.02. The molecule has 2 heterocycles. The lowest BCUT2D eigenvalue weighted by Gasteiger charge is -2.35. The first-order valence-electron chi connectivity index (χ1n) is 9.47. The van der Waals surface area contributed by atoms with Gasteiger partial charge in [0, 0.05) is 18.5 Å². The van der Waals surface area contributed by atoms with Gasteiger partial charge in [0.15, 0.2) is 11.5 Å². The van der Waals surface area contributed by atoms with E-state index in [-0.39, 0.29) is 18.1 Å². The maximum Gasteiger partial charge on any atom is 0.273 e. The second-order valence-electron chi connectivity index (χ2n) is 6.90. The number of amides is 1. The van der Waals surface area contributed by atoms with Crippen molar-refractivity contribution < 1.29 is 9.53 Å². The number of imidazole rings is 1. The standard InChI is InChI=1S/C20H27ClN4O2/c1-6-8-12(3)24-17(7-2)23-19-18(24)20(26)22-13(4)25(19)16-10-9-14(27-5)11-15(16)21/h9-13H,6-8H2,1-5H3,(H,22,26). The number of nitrogens with zero attached hydrogens (tertiary/aromatic N) is 3. The van der Waals surface area contributed by atoms with E-state index in [4.69, 9.17) is 21.3 Å². The third-order valence-electron chi connectivity index (χ3n) is 5.01. The molecule has 0 saturated carbocycles. The third kappa shape index (κ3) is 3.38. The fraction of sp³-hybridized carbons (Fsp3) is 0.500. The van der Waals surface area contributed by atoms with Gasteiger partial charge in [0.2, 0.25) is 0 Å². The number of rotatable bonds is 6. The lowest BCUT2D eigenvalue weighted by Crippen LogP contribution is -2.49. The van der Waals surface area contributed by atoms with E-state index in [1.165, 1.54) is 0 Å². The van der Waals surface area contributed by atoms with Crippen LogP contribution < -0.4 is 15.0 Å². The molecule has 0 aliphatic carbocycles.